The third-order valence-electron chi connectivity index (χ3n) is 2.58. The van der Waals surface area contributed by atoms with Crippen molar-refractivity contribution in [3.8, 4) is 0 Å². The molecule has 2 rings (SSSR count). The van der Waals surface area contributed by atoms with E-state index >= 15 is 0 Å². The monoisotopic (exact) mass is 206 g/mol. The second kappa shape index (κ2) is 3.76. The van der Waals surface area contributed by atoms with E-state index in [0.29, 0.717) is 12.8 Å². The number of aromatic nitrogens is 2. The van der Waals surface area contributed by atoms with E-state index in [0.717, 1.165) is 12.0 Å². The molecule has 1 aliphatic rings. The van der Waals surface area contributed by atoms with Crippen LogP contribution >= 0.6 is 0 Å². The van der Waals surface area contributed by atoms with Crippen LogP contribution in [0.1, 0.15) is 41.4 Å². The van der Waals surface area contributed by atoms with Gasteiger partial charge in [-0.15, -0.1) is 0 Å². The van der Waals surface area contributed by atoms with Gasteiger partial charge in [0, 0.05) is 25.2 Å². The van der Waals surface area contributed by atoms with Gasteiger partial charge in [-0.1, -0.05) is 0 Å². The van der Waals surface area contributed by atoms with Crippen molar-refractivity contribution < 1.29 is 14.7 Å². The first-order valence-electron chi connectivity index (χ1n) is 4.74. The normalized spacial score (nSPS) is 20.5. The summed E-state index contributed by atoms with van der Waals surface area (Å²) in [6, 6.07) is 0. The lowest BCUT2D eigenvalue weighted by atomic mass is 10.0. The minimum absolute atomic E-state index is 0.167. The molecule has 5 heteroatoms. The van der Waals surface area contributed by atoms with Crippen LogP contribution in [0.25, 0.3) is 0 Å². The number of hydrogen-bond donors (Lipinski definition) is 1. The molecule has 0 aliphatic heterocycles. The topological polar surface area (TPSA) is 80.2 Å². The van der Waals surface area contributed by atoms with Gasteiger partial charge >= 0.3 is 5.97 Å². The smallest absolute Gasteiger partial charge is 0.373 e. The fourth-order valence-electron chi connectivity index (χ4n) is 1.76. The lowest BCUT2D eigenvalue weighted by molar-refractivity contribution is -0.117. The van der Waals surface area contributed by atoms with Gasteiger partial charge in [-0.3, -0.25) is 4.79 Å². The standard InChI is InChI=1S/C10H10N2O3/c13-8-2-1-6(3-8)7-4-11-9(10(14)15)12-5-7/h4-6H,1-3H2,(H,14,15). The second-order valence-corrected chi connectivity index (χ2v) is 3.62. The fraction of sp³-hybridized carbons (Fsp3) is 0.400. The van der Waals surface area contributed by atoms with Gasteiger partial charge < -0.3 is 5.11 Å². The van der Waals surface area contributed by atoms with Gasteiger partial charge in [0.25, 0.3) is 0 Å². The summed E-state index contributed by atoms with van der Waals surface area (Å²) in [5.74, 6) is -0.922. The van der Waals surface area contributed by atoms with E-state index in [1.165, 1.54) is 12.4 Å². The molecule has 0 radical (unpaired) electrons. The number of Topliss-reactive ketones (excluding diaryl/α,β-unsaturated/α-hetero) is 1. The summed E-state index contributed by atoms with van der Waals surface area (Å²) in [5, 5.41) is 8.60. The molecular weight excluding hydrogens is 196 g/mol. The average molecular weight is 206 g/mol. The number of ketones is 1. The molecule has 1 aromatic heterocycles. The Balaban J connectivity index is 2.17. The maximum atomic E-state index is 11.1. The predicted octanol–water partition coefficient (Wildman–Crippen LogP) is 1.01. The van der Waals surface area contributed by atoms with Gasteiger partial charge in [0.05, 0.1) is 0 Å². The van der Waals surface area contributed by atoms with E-state index in [2.05, 4.69) is 9.97 Å². The van der Waals surface area contributed by atoms with Crippen molar-refractivity contribution in [2.75, 3.05) is 0 Å². The van der Waals surface area contributed by atoms with E-state index in [1.807, 2.05) is 0 Å². The molecule has 1 aliphatic carbocycles. The Morgan fingerprint density at radius 1 is 1.40 bits per heavy atom. The Bertz CT molecular complexity index is 400. The molecule has 0 aromatic carbocycles. The first-order valence-corrected chi connectivity index (χ1v) is 4.74. The minimum atomic E-state index is -1.14. The molecule has 0 amide bonds. The zero-order chi connectivity index (χ0) is 10.8. The van der Waals surface area contributed by atoms with E-state index in [-0.39, 0.29) is 17.5 Å². The highest BCUT2D eigenvalue weighted by molar-refractivity contribution is 5.83. The van der Waals surface area contributed by atoms with Gasteiger partial charge in [-0.25, -0.2) is 14.8 Å². The van der Waals surface area contributed by atoms with Crippen molar-refractivity contribution in [3.63, 3.8) is 0 Å². The molecule has 1 heterocycles. The SMILES string of the molecule is O=C1CCC(c2cnc(C(=O)O)nc2)C1. The number of carbonyl (C=O) groups excluding carboxylic acids is 1. The number of carboxylic acids is 1. The number of hydrogen-bond acceptors (Lipinski definition) is 4. The molecule has 0 spiro atoms. The van der Waals surface area contributed by atoms with Gasteiger partial charge in [-0.2, -0.15) is 0 Å². The van der Waals surface area contributed by atoms with Crippen molar-refractivity contribution in [2.45, 2.75) is 25.2 Å². The van der Waals surface area contributed by atoms with E-state index < -0.39 is 5.97 Å². The van der Waals surface area contributed by atoms with Crippen LogP contribution < -0.4 is 0 Å². The predicted molar refractivity (Wildman–Crippen MR) is 50.6 cm³/mol. The zero-order valence-electron chi connectivity index (χ0n) is 8.01. The highest BCUT2D eigenvalue weighted by Gasteiger charge is 2.24. The van der Waals surface area contributed by atoms with Crippen LogP contribution in [0, 0.1) is 0 Å². The Kier molecular flexibility index (Phi) is 2.45. The van der Waals surface area contributed by atoms with Crippen molar-refractivity contribution in [1.82, 2.24) is 9.97 Å². The van der Waals surface area contributed by atoms with Crippen LogP contribution in [0.4, 0.5) is 0 Å². The summed E-state index contributed by atoms with van der Waals surface area (Å²) in [5.41, 5.74) is 0.853. The van der Waals surface area contributed by atoms with Gasteiger partial charge in [0.15, 0.2) is 0 Å². The van der Waals surface area contributed by atoms with Gasteiger partial charge in [0.2, 0.25) is 5.82 Å². The quantitative estimate of drug-likeness (QED) is 0.781. The maximum absolute atomic E-state index is 11.1. The van der Waals surface area contributed by atoms with Crippen molar-refractivity contribution >= 4 is 11.8 Å². The highest BCUT2D eigenvalue weighted by atomic mass is 16.4. The van der Waals surface area contributed by atoms with Crippen LogP contribution in [-0.2, 0) is 4.79 Å². The first-order chi connectivity index (χ1) is 7.16. The third-order valence-corrected chi connectivity index (χ3v) is 2.58. The summed E-state index contributed by atoms with van der Waals surface area (Å²) in [7, 11) is 0. The highest BCUT2D eigenvalue weighted by Crippen LogP contribution is 2.30. The van der Waals surface area contributed by atoms with Crippen LogP contribution in [-0.4, -0.2) is 26.8 Å². The molecule has 0 saturated heterocycles. The second-order valence-electron chi connectivity index (χ2n) is 3.62. The van der Waals surface area contributed by atoms with Crippen molar-refractivity contribution in [3.05, 3.63) is 23.8 Å². The minimum Gasteiger partial charge on any atom is -0.475 e. The average Bonchev–Trinajstić information content (AvgIpc) is 2.65. The Hall–Kier alpha value is -1.78. The summed E-state index contributed by atoms with van der Waals surface area (Å²) in [6.45, 7) is 0. The fourth-order valence-corrected chi connectivity index (χ4v) is 1.76. The molecule has 1 unspecified atom stereocenters. The molecule has 1 aromatic rings. The zero-order valence-corrected chi connectivity index (χ0v) is 8.01. The maximum Gasteiger partial charge on any atom is 0.373 e. The summed E-state index contributed by atoms with van der Waals surface area (Å²) in [6.07, 6.45) is 4.94. The van der Waals surface area contributed by atoms with E-state index in [1.54, 1.807) is 0 Å². The molecule has 1 atom stereocenters. The number of carboxylic acid groups (broad SMARTS) is 1. The van der Waals surface area contributed by atoms with Crippen LogP contribution in [0.2, 0.25) is 0 Å². The van der Waals surface area contributed by atoms with E-state index in [4.69, 9.17) is 5.11 Å². The van der Waals surface area contributed by atoms with Crippen LogP contribution in [0.15, 0.2) is 12.4 Å². The van der Waals surface area contributed by atoms with Gasteiger partial charge in [-0.05, 0) is 17.9 Å². The third kappa shape index (κ3) is 2.01. The molecule has 1 N–H and O–H groups in total. The number of nitrogens with zero attached hydrogens (tertiary/aromatic N) is 2. The number of aromatic carboxylic acids is 1. The molecule has 5 nitrogen and oxygen atoms in total. The molecule has 78 valence electrons. The molecule has 0 bridgehead atoms. The molecular formula is C10H10N2O3. The summed E-state index contributed by atoms with van der Waals surface area (Å²) >= 11 is 0. The molecule has 1 saturated carbocycles. The lowest BCUT2D eigenvalue weighted by Gasteiger charge is -2.06. The number of carbonyl (C=O) groups is 2. The van der Waals surface area contributed by atoms with Crippen LogP contribution in [0.3, 0.4) is 0 Å². The van der Waals surface area contributed by atoms with Crippen molar-refractivity contribution in [2.24, 2.45) is 0 Å². The van der Waals surface area contributed by atoms with Gasteiger partial charge in [0.1, 0.15) is 5.78 Å². The van der Waals surface area contributed by atoms with Crippen molar-refractivity contribution in [1.29, 1.82) is 0 Å². The molecule has 15 heavy (non-hydrogen) atoms. The van der Waals surface area contributed by atoms with Crippen LogP contribution in [0.5, 0.6) is 0 Å². The molecule has 1 fully saturated rings. The lowest BCUT2D eigenvalue weighted by Crippen LogP contribution is -2.05. The number of rotatable bonds is 2. The Labute approximate surface area is 86.2 Å². The largest absolute Gasteiger partial charge is 0.475 e. The Morgan fingerprint density at radius 2 is 2.07 bits per heavy atom. The Morgan fingerprint density at radius 3 is 2.53 bits per heavy atom. The van der Waals surface area contributed by atoms with E-state index in [9.17, 15) is 9.59 Å². The summed E-state index contributed by atoms with van der Waals surface area (Å²) in [4.78, 5) is 29.0. The first kappa shape index (κ1) is 9.76. The summed E-state index contributed by atoms with van der Waals surface area (Å²) < 4.78 is 0.